The van der Waals surface area contributed by atoms with Crippen LogP contribution in [0.3, 0.4) is 0 Å². The molecule has 1 amide bonds. The Bertz CT molecular complexity index is 611. The molecule has 2 aromatic rings. The summed E-state index contributed by atoms with van der Waals surface area (Å²) in [5.74, 6) is 0.612. The maximum atomic E-state index is 12.1. The molecular weight excluding hydrogens is 310 g/mol. The number of carbonyl (C=O) groups excluding carboxylic acids is 1. The second-order valence-corrected chi connectivity index (χ2v) is 6.30. The zero-order chi connectivity index (χ0) is 16.5. The molecule has 124 valence electrons. The number of carbonyl (C=O) groups is 1. The SMILES string of the molecule is CCCCCCOc1ccc(C(=O)Nc2nnc(CC)s2)cc1. The molecule has 0 atom stereocenters. The van der Waals surface area contributed by atoms with Crippen molar-refractivity contribution in [2.45, 2.75) is 46.0 Å². The predicted octanol–water partition coefficient (Wildman–Crippen LogP) is 4.31. The van der Waals surface area contributed by atoms with Gasteiger partial charge in [-0.15, -0.1) is 10.2 Å². The van der Waals surface area contributed by atoms with Gasteiger partial charge in [-0.05, 0) is 37.1 Å². The Hall–Kier alpha value is -1.95. The van der Waals surface area contributed by atoms with Gasteiger partial charge in [-0.1, -0.05) is 44.4 Å². The van der Waals surface area contributed by atoms with E-state index in [0.717, 1.165) is 30.2 Å². The highest BCUT2D eigenvalue weighted by atomic mass is 32.1. The van der Waals surface area contributed by atoms with Crippen molar-refractivity contribution in [2.24, 2.45) is 0 Å². The van der Waals surface area contributed by atoms with Gasteiger partial charge in [0.25, 0.3) is 5.91 Å². The number of hydrogen-bond donors (Lipinski definition) is 1. The first kappa shape index (κ1) is 17.4. The highest BCUT2D eigenvalue weighted by molar-refractivity contribution is 7.15. The third-order valence-corrected chi connectivity index (χ3v) is 4.36. The fourth-order valence-electron chi connectivity index (χ4n) is 2.04. The zero-order valence-corrected chi connectivity index (χ0v) is 14.5. The van der Waals surface area contributed by atoms with Crippen LogP contribution >= 0.6 is 11.3 Å². The molecule has 2 rings (SSSR count). The van der Waals surface area contributed by atoms with Crippen molar-refractivity contribution >= 4 is 22.4 Å². The van der Waals surface area contributed by atoms with Crippen molar-refractivity contribution in [1.82, 2.24) is 10.2 Å². The first-order valence-corrected chi connectivity index (χ1v) is 8.91. The lowest BCUT2D eigenvalue weighted by Gasteiger charge is -2.07. The summed E-state index contributed by atoms with van der Waals surface area (Å²) < 4.78 is 5.67. The first-order chi connectivity index (χ1) is 11.2. The van der Waals surface area contributed by atoms with Crippen molar-refractivity contribution in [3.63, 3.8) is 0 Å². The Morgan fingerprint density at radius 1 is 1.13 bits per heavy atom. The van der Waals surface area contributed by atoms with Crippen LogP contribution in [0, 0.1) is 0 Å². The van der Waals surface area contributed by atoms with Crippen LogP contribution in [0.2, 0.25) is 0 Å². The molecule has 0 unspecified atom stereocenters. The minimum Gasteiger partial charge on any atom is -0.494 e. The molecule has 1 aromatic heterocycles. The Labute approximate surface area is 141 Å². The summed E-state index contributed by atoms with van der Waals surface area (Å²) in [6, 6.07) is 7.18. The van der Waals surface area contributed by atoms with Crippen molar-refractivity contribution in [1.29, 1.82) is 0 Å². The lowest BCUT2D eigenvalue weighted by atomic mass is 10.2. The van der Waals surface area contributed by atoms with Gasteiger partial charge in [-0.25, -0.2) is 0 Å². The molecule has 1 heterocycles. The minimum absolute atomic E-state index is 0.182. The van der Waals surface area contributed by atoms with Crippen LogP contribution in [-0.4, -0.2) is 22.7 Å². The first-order valence-electron chi connectivity index (χ1n) is 8.09. The van der Waals surface area contributed by atoms with E-state index in [1.807, 2.05) is 19.1 Å². The Kier molecular flexibility index (Phi) is 7.00. The molecule has 0 aliphatic rings. The van der Waals surface area contributed by atoms with E-state index in [0.29, 0.717) is 10.7 Å². The summed E-state index contributed by atoms with van der Waals surface area (Å²) in [4.78, 5) is 12.1. The lowest BCUT2D eigenvalue weighted by molar-refractivity contribution is 0.102. The maximum absolute atomic E-state index is 12.1. The van der Waals surface area contributed by atoms with Gasteiger partial charge in [0.05, 0.1) is 6.61 Å². The maximum Gasteiger partial charge on any atom is 0.257 e. The van der Waals surface area contributed by atoms with Gasteiger partial charge in [0.15, 0.2) is 0 Å². The smallest absolute Gasteiger partial charge is 0.257 e. The van der Waals surface area contributed by atoms with Crippen molar-refractivity contribution < 1.29 is 9.53 Å². The number of ether oxygens (including phenoxy) is 1. The van der Waals surface area contributed by atoms with Gasteiger partial charge in [-0.2, -0.15) is 0 Å². The molecule has 1 aromatic carbocycles. The number of aromatic nitrogens is 2. The monoisotopic (exact) mass is 333 g/mol. The summed E-state index contributed by atoms with van der Waals surface area (Å²) in [5, 5.41) is 12.1. The quantitative estimate of drug-likeness (QED) is 0.694. The third kappa shape index (κ3) is 5.63. The highest BCUT2D eigenvalue weighted by Gasteiger charge is 2.09. The van der Waals surface area contributed by atoms with Crippen molar-refractivity contribution in [2.75, 3.05) is 11.9 Å². The van der Waals surface area contributed by atoms with Crippen LogP contribution < -0.4 is 10.1 Å². The average molecular weight is 333 g/mol. The lowest BCUT2D eigenvalue weighted by Crippen LogP contribution is -2.11. The minimum atomic E-state index is -0.182. The fraction of sp³-hybridized carbons (Fsp3) is 0.471. The van der Waals surface area contributed by atoms with Crippen LogP contribution in [0.1, 0.15) is 54.9 Å². The van der Waals surface area contributed by atoms with E-state index in [1.165, 1.54) is 30.6 Å². The van der Waals surface area contributed by atoms with Crippen LogP contribution in [0.25, 0.3) is 0 Å². The normalized spacial score (nSPS) is 10.5. The van der Waals surface area contributed by atoms with E-state index in [2.05, 4.69) is 22.4 Å². The molecule has 0 bridgehead atoms. The summed E-state index contributed by atoms with van der Waals surface area (Å²) >= 11 is 1.40. The number of unbranched alkanes of at least 4 members (excludes halogenated alkanes) is 3. The number of benzene rings is 1. The van der Waals surface area contributed by atoms with Crippen molar-refractivity contribution in [3.05, 3.63) is 34.8 Å². The molecule has 1 N–H and O–H groups in total. The molecule has 0 saturated carbocycles. The summed E-state index contributed by atoms with van der Waals surface area (Å²) in [6.07, 6.45) is 5.54. The molecule has 0 fully saturated rings. The van der Waals surface area contributed by atoms with Gasteiger partial charge >= 0.3 is 0 Å². The van der Waals surface area contributed by atoms with Crippen LogP contribution in [0.4, 0.5) is 5.13 Å². The van der Waals surface area contributed by atoms with Crippen LogP contribution in [-0.2, 0) is 6.42 Å². The van der Waals surface area contributed by atoms with E-state index < -0.39 is 0 Å². The second kappa shape index (κ2) is 9.25. The van der Waals surface area contributed by atoms with Crippen molar-refractivity contribution in [3.8, 4) is 5.75 Å². The van der Waals surface area contributed by atoms with E-state index in [9.17, 15) is 4.79 Å². The van der Waals surface area contributed by atoms with E-state index in [4.69, 9.17) is 4.74 Å². The Balaban J connectivity index is 1.82. The third-order valence-electron chi connectivity index (χ3n) is 3.37. The van der Waals surface area contributed by atoms with Gasteiger partial charge in [-0.3, -0.25) is 10.1 Å². The molecule has 23 heavy (non-hydrogen) atoms. The number of anilines is 1. The molecule has 0 radical (unpaired) electrons. The van der Waals surface area contributed by atoms with Gasteiger partial charge in [0.2, 0.25) is 5.13 Å². The van der Waals surface area contributed by atoms with Crippen LogP contribution in [0.5, 0.6) is 5.75 Å². The molecule has 0 aliphatic carbocycles. The molecule has 6 heteroatoms. The second-order valence-electron chi connectivity index (χ2n) is 5.24. The number of hydrogen-bond acceptors (Lipinski definition) is 5. The van der Waals surface area contributed by atoms with E-state index >= 15 is 0 Å². The highest BCUT2D eigenvalue weighted by Crippen LogP contribution is 2.18. The van der Waals surface area contributed by atoms with E-state index in [-0.39, 0.29) is 5.91 Å². The largest absolute Gasteiger partial charge is 0.494 e. The van der Waals surface area contributed by atoms with Gasteiger partial charge in [0, 0.05) is 5.56 Å². The average Bonchev–Trinajstić information content (AvgIpc) is 3.03. The Morgan fingerprint density at radius 3 is 2.57 bits per heavy atom. The topological polar surface area (TPSA) is 64.1 Å². The number of aryl methyl sites for hydroxylation is 1. The molecule has 0 spiro atoms. The molecule has 0 saturated heterocycles. The number of nitrogens with zero attached hydrogens (tertiary/aromatic N) is 2. The van der Waals surface area contributed by atoms with Gasteiger partial charge in [0.1, 0.15) is 10.8 Å². The predicted molar refractivity (Wildman–Crippen MR) is 93.3 cm³/mol. The number of amides is 1. The number of rotatable bonds is 9. The van der Waals surface area contributed by atoms with Crippen LogP contribution in [0.15, 0.2) is 24.3 Å². The zero-order valence-electron chi connectivity index (χ0n) is 13.7. The van der Waals surface area contributed by atoms with E-state index in [1.54, 1.807) is 12.1 Å². The standard InChI is InChI=1S/C17H23N3O2S/c1-3-5-6-7-12-22-14-10-8-13(9-11-14)16(21)18-17-20-19-15(4-2)23-17/h8-11H,3-7,12H2,1-2H3,(H,18,20,21). The summed E-state index contributed by atoms with van der Waals surface area (Å²) in [6.45, 7) is 4.92. The molecular formula is C17H23N3O2S. The summed E-state index contributed by atoms with van der Waals surface area (Å²) in [5.41, 5.74) is 0.580. The Morgan fingerprint density at radius 2 is 1.91 bits per heavy atom. The molecule has 5 nitrogen and oxygen atoms in total. The molecule has 0 aliphatic heterocycles. The van der Waals surface area contributed by atoms with Gasteiger partial charge < -0.3 is 4.74 Å². The number of nitrogens with one attached hydrogen (secondary N) is 1. The fourth-order valence-corrected chi connectivity index (χ4v) is 2.71. The summed E-state index contributed by atoms with van der Waals surface area (Å²) in [7, 11) is 0.